The first-order chi connectivity index (χ1) is 19.2. The van der Waals surface area contributed by atoms with E-state index < -0.39 is 50.3 Å². The van der Waals surface area contributed by atoms with E-state index in [0.29, 0.717) is 12.8 Å². The Morgan fingerprint density at radius 3 is 1.90 bits per heavy atom. The monoisotopic (exact) mass is 611 g/mol. The first kappa shape index (κ1) is 29.3. The lowest BCUT2D eigenvalue weighted by atomic mass is 9.96. The second kappa shape index (κ2) is 10.9. The number of alkyl halides is 3. The number of sulfonamides is 2. The van der Waals surface area contributed by atoms with E-state index in [-0.39, 0.29) is 18.0 Å². The van der Waals surface area contributed by atoms with Crippen LogP contribution in [0.1, 0.15) is 11.1 Å². The molecule has 0 amide bonds. The summed E-state index contributed by atoms with van der Waals surface area (Å²) in [4.78, 5) is 1.50. The molecule has 2 aliphatic heterocycles. The number of aryl methyl sites for hydroxylation is 2. The number of piperidine rings is 1. The van der Waals surface area contributed by atoms with E-state index in [9.17, 15) is 35.1 Å². The number of hydrogen-bond donors (Lipinski definition) is 2. The first-order valence-corrected chi connectivity index (χ1v) is 16.0. The Balaban J connectivity index is 1.52. The summed E-state index contributed by atoms with van der Waals surface area (Å²) in [6, 6.07) is 16.6. The zero-order chi connectivity index (χ0) is 29.6. The number of ether oxygens (including phenoxy) is 1. The number of rotatable bonds is 6. The Labute approximate surface area is 236 Å². The molecule has 0 radical (unpaired) electrons. The summed E-state index contributed by atoms with van der Waals surface area (Å²) in [5, 5.41) is 11.7. The minimum absolute atomic E-state index is 0.107. The number of nitrogens with one attached hydrogen (secondary N) is 1. The Morgan fingerprint density at radius 1 is 0.854 bits per heavy atom. The average Bonchev–Trinajstić information content (AvgIpc) is 3.05. The van der Waals surface area contributed by atoms with Gasteiger partial charge in [0.05, 0.1) is 29.3 Å². The lowest BCUT2D eigenvalue weighted by molar-refractivity contribution is -0.274. The van der Waals surface area contributed by atoms with Gasteiger partial charge in [0.1, 0.15) is 5.75 Å². The van der Waals surface area contributed by atoms with E-state index in [2.05, 4.69) is 9.46 Å². The van der Waals surface area contributed by atoms with Crippen molar-refractivity contribution in [3.05, 3.63) is 83.9 Å². The molecule has 220 valence electrons. The lowest BCUT2D eigenvalue weighted by Gasteiger charge is -2.46. The summed E-state index contributed by atoms with van der Waals surface area (Å²) in [6.45, 7) is -0.452. The maximum absolute atomic E-state index is 13.3. The van der Waals surface area contributed by atoms with Gasteiger partial charge in [-0.15, -0.1) is 13.2 Å². The molecule has 2 N–H and O–H groups in total. The van der Waals surface area contributed by atoms with Crippen molar-refractivity contribution in [2.75, 3.05) is 24.2 Å². The molecular formula is C27H28F3N3O6S2. The van der Waals surface area contributed by atoms with Gasteiger partial charge in [-0.1, -0.05) is 36.4 Å². The highest BCUT2D eigenvalue weighted by atomic mass is 32.2. The van der Waals surface area contributed by atoms with Crippen molar-refractivity contribution in [3.63, 3.8) is 0 Å². The van der Waals surface area contributed by atoms with Crippen LogP contribution in [0, 0.1) is 0 Å². The largest absolute Gasteiger partial charge is 0.573 e. The smallest absolute Gasteiger partial charge is 0.406 e. The molecular weight excluding hydrogens is 583 g/mol. The minimum atomic E-state index is -4.94. The molecule has 1 fully saturated rings. The molecule has 14 heteroatoms. The Hall–Kier alpha value is -3.17. The van der Waals surface area contributed by atoms with Crippen molar-refractivity contribution in [2.24, 2.45) is 0 Å². The van der Waals surface area contributed by atoms with E-state index in [0.717, 1.165) is 57.3 Å². The van der Waals surface area contributed by atoms with Crippen LogP contribution in [-0.2, 0) is 32.9 Å². The van der Waals surface area contributed by atoms with Gasteiger partial charge in [0.15, 0.2) is 0 Å². The maximum Gasteiger partial charge on any atom is 0.573 e. The molecule has 0 spiro atoms. The minimum Gasteiger partial charge on any atom is -0.406 e. The van der Waals surface area contributed by atoms with Crippen LogP contribution < -0.4 is 14.4 Å². The SMILES string of the molecule is CS(=O)(=O)N1C[C@@H](NS(=O)(=O)c2ccc(OC(F)(F)F)cc2)[C@H](O)[C@@H](N2c3ccccc3CCc3ccccc32)C1. The van der Waals surface area contributed by atoms with Gasteiger partial charge in [0.25, 0.3) is 0 Å². The van der Waals surface area contributed by atoms with Gasteiger partial charge in [-0.25, -0.2) is 21.6 Å². The van der Waals surface area contributed by atoms with Gasteiger partial charge in [-0.2, -0.15) is 4.31 Å². The predicted octanol–water partition coefficient (Wildman–Crippen LogP) is 3.17. The van der Waals surface area contributed by atoms with Crippen molar-refractivity contribution >= 4 is 31.4 Å². The molecule has 0 aromatic heterocycles. The Kier molecular flexibility index (Phi) is 7.80. The van der Waals surface area contributed by atoms with Crippen molar-refractivity contribution < 1.29 is 39.9 Å². The van der Waals surface area contributed by atoms with E-state index in [4.69, 9.17) is 0 Å². The van der Waals surface area contributed by atoms with Crippen molar-refractivity contribution in [1.29, 1.82) is 0 Å². The van der Waals surface area contributed by atoms with Gasteiger partial charge >= 0.3 is 6.36 Å². The van der Waals surface area contributed by atoms with Gasteiger partial charge in [-0.05, 0) is 60.4 Å². The topological polar surface area (TPSA) is 116 Å². The number of hydrogen-bond acceptors (Lipinski definition) is 7. The number of aliphatic hydroxyl groups excluding tert-OH is 1. The summed E-state index contributed by atoms with van der Waals surface area (Å²) < 4.78 is 96.9. The van der Waals surface area contributed by atoms with Crippen LogP contribution >= 0.6 is 0 Å². The molecule has 2 heterocycles. The molecule has 9 nitrogen and oxygen atoms in total. The second-order valence-corrected chi connectivity index (χ2v) is 13.7. The summed E-state index contributed by atoms with van der Waals surface area (Å²) in [6.07, 6.45) is -3.87. The average molecular weight is 612 g/mol. The van der Waals surface area contributed by atoms with Gasteiger partial charge in [-0.3, -0.25) is 0 Å². The molecule has 0 saturated carbocycles. The van der Waals surface area contributed by atoms with Gasteiger partial charge < -0.3 is 14.7 Å². The highest BCUT2D eigenvalue weighted by Crippen LogP contribution is 2.40. The van der Waals surface area contributed by atoms with Crippen molar-refractivity contribution in [3.8, 4) is 5.75 Å². The van der Waals surface area contributed by atoms with Crippen LogP contribution in [0.15, 0.2) is 77.7 Å². The maximum atomic E-state index is 13.3. The van der Waals surface area contributed by atoms with Crippen LogP contribution in [0.3, 0.4) is 0 Å². The number of benzene rings is 3. The molecule has 2 aliphatic rings. The highest BCUT2D eigenvalue weighted by molar-refractivity contribution is 7.89. The van der Waals surface area contributed by atoms with Crippen LogP contribution in [-0.4, -0.2) is 70.1 Å². The zero-order valence-electron chi connectivity index (χ0n) is 21.8. The fraction of sp³-hybridized carbons (Fsp3) is 0.333. The number of aliphatic hydroxyl groups is 1. The fourth-order valence-corrected chi connectivity index (χ4v) is 7.46. The van der Waals surface area contributed by atoms with E-state index in [1.165, 1.54) is 0 Å². The lowest BCUT2D eigenvalue weighted by Crippen LogP contribution is -2.65. The Morgan fingerprint density at radius 2 is 1.39 bits per heavy atom. The number of fused-ring (bicyclic) bond motifs is 2. The zero-order valence-corrected chi connectivity index (χ0v) is 23.5. The number of para-hydroxylation sites is 2. The highest BCUT2D eigenvalue weighted by Gasteiger charge is 2.45. The van der Waals surface area contributed by atoms with Crippen LogP contribution in [0.25, 0.3) is 0 Å². The molecule has 3 aromatic rings. The van der Waals surface area contributed by atoms with Crippen LogP contribution in [0.2, 0.25) is 0 Å². The normalized spacial score (nSPS) is 22.0. The van der Waals surface area contributed by atoms with Crippen molar-refractivity contribution in [2.45, 2.75) is 42.3 Å². The summed E-state index contributed by atoms with van der Waals surface area (Å²) in [7, 11) is -8.21. The Bertz CT molecular complexity index is 1580. The second-order valence-electron chi connectivity index (χ2n) is 10.0. The van der Waals surface area contributed by atoms with Crippen LogP contribution in [0.4, 0.5) is 24.5 Å². The molecule has 0 unspecified atom stereocenters. The third-order valence-corrected chi connectivity index (χ3v) is 9.98. The third kappa shape index (κ3) is 6.36. The molecule has 1 saturated heterocycles. The first-order valence-electron chi connectivity index (χ1n) is 12.7. The third-order valence-electron chi connectivity index (χ3n) is 7.24. The summed E-state index contributed by atoms with van der Waals surface area (Å²) in [5.41, 5.74) is 3.54. The molecule has 3 aromatic carbocycles. The predicted molar refractivity (Wildman–Crippen MR) is 146 cm³/mol. The van der Waals surface area contributed by atoms with E-state index in [1.54, 1.807) is 0 Å². The quantitative estimate of drug-likeness (QED) is 0.440. The number of halogens is 3. The molecule has 3 atom stereocenters. The number of nitrogens with zero attached hydrogens (tertiary/aromatic N) is 2. The number of anilines is 2. The molecule has 0 bridgehead atoms. The van der Waals surface area contributed by atoms with E-state index >= 15 is 0 Å². The molecule has 41 heavy (non-hydrogen) atoms. The summed E-state index contributed by atoms with van der Waals surface area (Å²) >= 11 is 0. The van der Waals surface area contributed by atoms with Crippen LogP contribution in [0.5, 0.6) is 5.75 Å². The van der Waals surface area contributed by atoms with Gasteiger partial charge in [0, 0.05) is 24.5 Å². The summed E-state index contributed by atoms with van der Waals surface area (Å²) in [5.74, 6) is -0.601. The standard InChI is InChI=1S/C27H28F3N3O6S2/c1-40(35,36)32-16-22(31-41(37,38)21-14-12-20(13-15-21)39-27(28,29)30)26(34)25(17-32)33-23-8-4-2-6-18(23)10-11-19-7-3-5-9-24(19)33/h2-9,12-15,22,25-26,31,34H,10-11,16-17H2,1H3/t22-,25+,26+/m1/s1. The van der Waals surface area contributed by atoms with Gasteiger partial charge in [0.2, 0.25) is 20.0 Å². The molecule has 5 rings (SSSR count). The molecule has 0 aliphatic carbocycles. The van der Waals surface area contributed by atoms with E-state index in [1.807, 2.05) is 53.4 Å². The van der Waals surface area contributed by atoms with Crippen molar-refractivity contribution in [1.82, 2.24) is 9.03 Å². The fourth-order valence-electron chi connectivity index (χ4n) is 5.36.